The van der Waals surface area contributed by atoms with E-state index in [1.165, 1.54) is 10.9 Å². The molecule has 0 unspecified atom stereocenters. The molecule has 1 amide bonds. The number of hydrogen-bond donors (Lipinski definition) is 2. The van der Waals surface area contributed by atoms with Gasteiger partial charge in [-0.15, -0.1) is 5.10 Å². The number of carboxylic acids is 1. The van der Waals surface area contributed by atoms with Crippen LogP contribution in [-0.4, -0.2) is 32.0 Å². The summed E-state index contributed by atoms with van der Waals surface area (Å²) in [6, 6.07) is 7.58. The number of aromatic nitrogens is 3. The third-order valence-electron chi connectivity index (χ3n) is 3.43. The number of aliphatic carboxylic acids is 1. The van der Waals surface area contributed by atoms with E-state index < -0.39 is 11.4 Å². The maximum Gasteiger partial charge on any atom is 0.325 e. The fraction of sp³-hybridized carbons (Fsp3) is 0.333. The average Bonchev–Trinajstić information content (AvgIpc) is 2.91. The van der Waals surface area contributed by atoms with Crippen molar-refractivity contribution in [1.82, 2.24) is 20.3 Å². The number of rotatable bonds is 6. The highest BCUT2D eigenvalue weighted by atomic mass is 79.9. The van der Waals surface area contributed by atoms with Crippen molar-refractivity contribution in [2.24, 2.45) is 0 Å². The van der Waals surface area contributed by atoms with Crippen molar-refractivity contribution in [3.05, 3.63) is 46.2 Å². The van der Waals surface area contributed by atoms with Crippen LogP contribution in [-0.2, 0) is 28.1 Å². The van der Waals surface area contributed by atoms with Gasteiger partial charge in [0.05, 0.1) is 18.2 Å². The lowest BCUT2D eigenvalue weighted by Gasteiger charge is -2.24. The Morgan fingerprint density at radius 3 is 2.78 bits per heavy atom. The molecule has 0 radical (unpaired) electrons. The molecule has 122 valence electrons. The number of halogens is 1. The summed E-state index contributed by atoms with van der Waals surface area (Å²) < 4.78 is 2.12. The van der Waals surface area contributed by atoms with Gasteiger partial charge in [0.25, 0.3) is 0 Å². The molecule has 2 N–H and O–H groups in total. The van der Waals surface area contributed by atoms with Crippen LogP contribution in [0.5, 0.6) is 0 Å². The summed E-state index contributed by atoms with van der Waals surface area (Å²) in [7, 11) is 0. The van der Waals surface area contributed by atoms with Crippen molar-refractivity contribution in [1.29, 1.82) is 0 Å². The van der Waals surface area contributed by atoms with Crippen molar-refractivity contribution in [3.8, 4) is 0 Å². The van der Waals surface area contributed by atoms with E-state index in [-0.39, 0.29) is 19.0 Å². The number of nitrogens with zero attached hydrogens (tertiary/aromatic N) is 3. The lowest BCUT2D eigenvalue weighted by Crippen LogP contribution is -2.39. The molecule has 0 saturated carbocycles. The molecule has 0 fully saturated rings. The number of hydrogen-bond acceptors (Lipinski definition) is 4. The van der Waals surface area contributed by atoms with E-state index in [2.05, 4.69) is 31.6 Å². The SMILES string of the molecule is CC(C)(C(=O)NCc1cn(CC(=O)O)nn1)c1cccc(Br)c1. The second-order valence-corrected chi connectivity index (χ2v) is 6.53. The molecule has 0 aliphatic carbocycles. The van der Waals surface area contributed by atoms with Gasteiger partial charge in [-0.1, -0.05) is 33.3 Å². The van der Waals surface area contributed by atoms with Crippen LogP contribution in [0.3, 0.4) is 0 Å². The lowest BCUT2D eigenvalue weighted by atomic mass is 9.84. The van der Waals surface area contributed by atoms with Gasteiger partial charge in [0, 0.05) is 4.47 Å². The summed E-state index contributed by atoms with van der Waals surface area (Å²) in [5, 5.41) is 19.0. The molecule has 0 aliphatic heterocycles. The third-order valence-corrected chi connectivity index (χ3v) is 3.92. The van der Waals surface area contributed by atoms with Gasteiger partial charge in [-0.2, -0.15) is 0 Å². The van der Waals surface area contributed by atoms with E-state index in [1.807, 2.05) is 38.1 Å². The molecule has 7 nitrogen and oxygen atoms in total. The van der Waals surface area contributed by atoms with Crippen molar-refractivity contribution < 1.29 is 14.7 Å². The van der Waals surface area contributed by atoms with E-state index in [1.54, 1.807) is 0 Å². The summed E-state index contributed by atoms with van der Waals surface area (Å²) in [5.74, 6) is -1.15. The number of benzene rings is 1. The zero-order valence-corrected chi connectivity index (χ0v) is 14.4. The molecule has 0 atom stereocenters. The van der Waals surface area contributed by atoms with Gasteiger partial charge in [0.1, 0.15) is 12.2 Å². The van der Waals surface area contributed by atoms with Gasteiger partial charge in [0.2, 0.25) is 5.91 Å². The van der Waals surface area contributed by atoms with Crippen LogP contribution in [0, 0.1) is 0 Å². The second-order valence-electron chi connectivity index (χ2n) is 5.62. The standard InChI is InChI=1S/C15H17BrN4O3/c1-15(2,10-4-3-5-11(16)6-10)14(23)17-7-12-8-20(19-18-12)9-13(21)22/h3-6,8H,7,9H2,1-2H3,(H,17,23)(H,21,22). The molecular weight excluding hydrogens is 364 g/mol. The molecule has 0 aliphatic rings. The number of nitrogens with one attached hydrogen (secondary N) is 1. The van der Waals surface area contributed by atoms with Crippen molar-refractivity contribution in [2.45, 2.75) is 32.4 Å². The Hall–Kier alpha value is -2.22. The van der Waals surface area contributed by atoms with E-state index >= 15 is 0 Å². The van der Waals surface area contributed by atoms with Crippen LogP contribution in [0.2, 0.25) is 0 Å². The summed E-state index contributed by atoms with van der Waals surface area (Å²) >= 11 is 3.40. The first kappa shape index (κ1) is 17.1. The Morgan fingerprint density at radius 1 is 1.39 bits per heavy atom. The highest BCUT2D eigenvalue weighted by molar-refractivity contribution is 9.10. The highest BCUT2D eigenvalue weighted by Crippen LogP contribution is 2.26. The van der Waals surface area contributed by atoms with Gasteiger partial charge >= 0.3 is 5.97 Å². The van der Waals surface area contributed by atoms with E-state index in [9.17, 15) is 9.59 Å². The Kier molecular flexibility index (Phi) is 5.15. The molecule has 0 spiro atoms. The number of amides is 1. The maximum atomic E-state index is 12.5. The Labute approximate surface area is 141 Å². The van der Waals surface area contributed by atoms with Crippen LogP contribution < -0.4 is 5.32 Å². The molecule has 2 aromatic rings. The number of carbonyl (C=O) groups is 2. The summed E-state index contributed by atoms with van der Waals surface area (Å²) in [6.45, 7) is 3.61. The fourth-order valence-electron chi connectivity index (χ4n) is 2.04. The van der Waals surface area contributed by atoms with Crippen molar-refractivity contribution in [3.63, 3.8) is 0 Å². The minimum Gasteiger partial charge on any atom is -0.480 e. The topological polar surface area (TPSA) is 97.1 Å². The largest absolute Gasteiger partial charge is 0.480 e. The zero-order chi connectivity index (χ0) is 17.0. The molecule has 1 heterocycles. The van der Waals surface area contributed by atoms with Crippen LogP contribution in [0.25, 0.3) is 0 Å². The predicted octanol–water partition coefficient (Wildman–Crippen LogP) is 1.72. The second kappa shape index (κ2) is 6.91. The number of carboxylic acid groups (broad SMARTS) is 1. The fourth-order valence-corrected chi connectivity index (χ4v) is 2.43. The molecule has 0 saturated heterocycles. The quantitative estimate of drug-likeness (QED) is 0.794. The Morgan fingerprint density at radius 2 is 2.13 bits per heavy atom. The summed E-state index contributed by atoms with van der Waals surface area (Å²) in [6.07, 6.45) is 1.50. The number of carbonyl (C=O) groups excluding carboxylic acids is 1. The third kappa shape index (κ3) is 4.38. The summed E-state index contributed by atoms with van der Waals surface area (Å²) in [5.41, 5.74) is 0.685. The van der Waals surface area contributed by atoms with E-state index in [4.69, 9.17) is 5.11 Å². The molecule has 2 rings (SSSR count). The normalized spacial score (nSPS) is 11.3. The molecule has 1 aromatic carbocycles. The zero-order valence-electron chi connectivity index (χ0n) is 12.8. The Bertz CT molecular complexity index is 727. The van der Waals surface area contributed by atoms with Gasteiger partial charge in [0.15, 0.2) is 0 Å². The van der Waals surface area contributed by atoms with E-state index in [0.29, 0.717) is 5.69 Å². The van der Waals surface area contributed by atoms with Crippen LogP contribution in [0.4, 0.5) is 0 Å². The minimum absolute atomic E-state index is 0.150. The predicted molar refractivity (Wildman–Crippen MR) is 86.7 cm³/mol. The van der Waals surface area contributed by atoms with Crippen molar-refractivity contribution >= 4 is 27.8 Å². The van der Waals surface area contributed by atoms with Gasteiger partial charge in [-0.05, 0) is 31.5 Å². The molecule has 1 aromatic heterocycles. The molecule has 8 heteroatoms. The first-order valence-electron chi connectivity index (χ1n) is 6.94. The average molecular weight is 381 g/mol. The summed E-state index contributed by atoms with van der Waals surface area (Å²) in [4.78, 5) is 23.1. The molecular formula is C15H17BrN4O3. The molecule has 23 heavy (non-hydrogen) atoms. The monoisotopic (exact) mass is 380 g/mol. The van der Waals surface area contributed by atoms with Gasteiger partial charge < -0.3 is 10.4 Å². The first-order valence-corrected chi connectivity index (χ1v) is 7.73. The maximum absolute atomic E-state index is 12.5. The van der Waals surface area contributed by atoms with Gasteiger partial charge in [-0.25, -0.2) is 4.68 Å². The minimum atomic E-state index is -0.999. The smallest absolute Gasteiger partial charge is 0.325 e. The van der Waals surface area contributed by atoms with Gasteiger partial charge in [-0.3, -0.25) is 9.59 Å². The first-order chi connectivity index (χ1) is 10.8. The molecule has 0 bridgehead atoms. The van der Waals surface area contributed by atoms with Crippen LogP contribution in [0.1, 0.15) is 25.1 Å². The van der Waals surface area contributed by atoms with Crippen LogP contribution in [0.15, 0.2) is 34.9 Å². The lowest BCUT2D eigenvalue weighted by molar-refractivity contribution is -0.138. The van der Waals surface area contributed by atoms with Crippen LogP contribution >= 0.6 is 15.9 Å². The van der Waals surface area contributed by atoms with E-state index in [0.717, 1.165) is 10.0 Å². The Balaban J connectivity index is 2.01. The highest BCUT2D eigenvalue weighted by Gasteiger charge is 2.29. The van der Waals surface area contributed by atoms with Crippen molar-refractivity contribution in [2.75, 3.05) is 0 Å².